The van der Waals surface area contributed by atoms with Crippen molar-refractivity contribution in [3.05, 3.63) is 34.9 Å². The molecule has 4 nitrogen and oxygen atoms in total. The molecule has 0 amide bonds. The predicted octanol–water partition coefficient (Wildman–Crippen LogP) is 3.30. The normalized spacial score (nSPS) is 16.2. The number of benzene rings is 1. The van der Waals surface area contributed by atoms with E-state index in [-0.39, 0.29) is 0 Å². The molecular weight excluding hydrogens is 290 g/mol. The van der Waals surface area contributed by atoms with Gasteiger partial charge in [0, 0.05) is 18.2 Å². The largest absolute Gasteiger partial charge is 0.490 e. The van der Waals surface area contributed by atoms with Gasteiger partial charge in [0.25, 0.3) is 0 Å². The average molecular weight is 310 g/mol. The standard InChI is InChI=1S/C16H20ClNO3/c17-14-6-4-5-13(7-8-15(19)20)16(14)21-12-11-18-9-2-1-3-10-18/h4-8H,1-3,9-12H2,(H,19,20)/b8-7+. The van der Waals surface area contributed by atoms with E-state index in [0.717, 1.165) is 25.7 Å². The van der Waals surface area contributed by atoms with Crippen LogP contribution in [0.4, 0.5) is 0 Å². The van der Waals surface area contributed by atoms with Crippen LogP contribution in [0.25, 0.3) is 6.08 Å². The fourth-order valence-electron chi connectivity index (χ4n) is 2.43. The molecule has 0 atom stereocenters. The predicted molar refractivity (Wildman–Crippen MR) is 83.9 cm³/mol. The van der Waals surface area contributed by atoms with Gasteiger partial charge in [0.15, 0.2) is 0 Å². The highest BCUT2D eigenvalue weighted by atomic mass is 35.5. The summed E-state index contributed by atoms with van der Waals surface area (Å²) in [6.07, 6.45) is 6.40. The Morgan fingerprint density at radius 2 is 2.10 bits per heavy atom. The first-order chi connectivity index (χ1) is 10.2. The number of halogens is 1. The highest BCUT2D eigenvalue weighted by Gasteiger charge is 2.11. The number of rotatable bonds is 6. The molecule has 1 saturated heterocycles. The van der Waals surface area contributed by atoms with Crippen LogP contribution in [0, 0.1) is 0 Å². The molecule has 1 heterocycles. The number of carboxylic acid groups (broad SMARTS) is 1. The summed E-state index contributed by atoms with van der Waals surface area (Å²) < 4.78 is 5.79. The first-order valence-electron chi connectivity index (χ1n) is 7.21. The second-order valence-corrected chi connectivity index (χ2v) is 5.49. The van der Waals surface area contributed by atoms with Gasteiger partial charge >= 0.3 is 5.97 Å². The van der Waals surface area contributed by atoms with E-state index in [9.17, 15) is 4.79 Å². The van der Waals surface area contributed by atoms with E-state index < -0.39 is 5.97 Å². The van der Waals surface area contributed by atoms with Crippen molar-refractivity contribution in [2.45, 2.75) is 19.3 Å². The average Bonchev–Trinajstić information content (AvgIpc) is 2.48. The van der Waals surface area contributed by atoms with E-state index in [1.54, 1.807) is 18.2 Å². The van der Waals surface area contributed by atoms with Crippen molar-refractivity contribution in [3.8, 4) is 5.75 Å². The van der Waals surface area contributed by atoms with Crippen LogP contribution in [-0.2, 0) is 4.79 Å². The number of likely N-dealkylation sites (tertiary alicyclic amines) is 1. The van der Waals surface area contributed by atoms with Gasteiger partial charge in [-0.2, -0.15) is 0 Å². The summed E-state index contributed by atoms with van der Waals surface area (Å²) in [5.74, 6) is -0.442. The second-order valence-electron chi connectivity index (χ2n) is 5.08. The lowest BCUT2D eigenvalue weighted by molar-refractivity contribution is -0.131. The Balaban J connectivity index is 1.96. The Labute approximate surface area is 130 Å². The highest BCUT2D eigenvalue weighted by molar-refractivity contribution is 6.32. The van der Waals surface area contributed by atoms with Gasteiger partial charge in [-0.05, 0) is 38.1 Å². The lowest BCUT2D eigenvalue weighted by Gasteiger charge is -2.26. The zero-order valence-electron chi connectivity index (χ0n) is 11.9. The fourth-order valence-corrected chi connectivity index (χ4v) is 2.67. The summed E-state index contributed by atoms with van der Waals surface area (Å²) in [4.78, 5) is 13.0. The topological polar surface area (TPSA) is 49.8 Å². The van der Waals surface area contributed by atoms with Gasteiger partial charge in [0.05, 0.1) is 5.02 Å². The maximum Gasteiger partial charge on any atom is 0.328 e. The lowest BCUT2D eigenvalue weighted by atomic mass is 10.1. The molecule has 1 aromatic rings. The molecule has 0 spiro atoms. The van der Waals surface area contributed by atoms with Crippen LogP contribution < -0.4 is 4.74 Å². The molecule has 21 heavy (non-hydrogen) atoms. The Bertz CT molecular complexity index is 510. The monoisotopic (exact) mass is 309 g/mol. The number of piperidine rings is 1. The third kappa shape index (κ3) is 5.06. The molecule has 0 aromatic heterocycles. The molecule has 0 saturated carbocycles. The minimum absolute atomic E-state index is 0.501. The summed E-state index contributed by atoms with van der Waals surface area (Å²) in [7, 11) is 0. The van der Waals surface area contributed by atoms with Gasteiger partial charge in [0.2, 0.25) is 0 Å². The quantitative estimate of drug-likeness (QED) is 0.819. The molecule has 2 rings (SSSR count). The van der Waals surface area contributed by atoms with E-state index in [4.69, 9.17) is 21.4 Å². The number of nitrogens with zero attached hydrogens (tertiary/aromatic N) is 1. The third-order valence-electron chi connectivity index (χ3n) is 3.51. The van der Waals surface area contributed by atoms with Crippen molar-refractivity contribution < 1.29 is 14.6 Å². The molecule has 114 valence electrons. The van der Waals surface area contributed by atoms with Crippen molar-refractivity contribution in [2.24, 2.45) is 0 Å². The summed E-state index contributed by atoms with van der Waals surface area (Å²) in [6.45, 7) is 3.67. The van der Waals surface area contributed by atoms with Gasteiger partial charge in [-0.15, -0.1) is 0 Å². The van der Waals surface area contributed by atoms with Crippen LogP contribution >= 0.6 is 11.6 Å². The van der Waals surface area contributed by atoms with Crippen LogP contribution in [0.5, 0.6) is 5.75 Å². The summed E-state index contributed by atoms with van der Waals surface area (Å²) in [5, 5.41) is 9.22. The Hall–Kier alpha value is -1.52. The molecular formula is C16H20ClNO3. The molecule has 1 fully saturated rings. The van der Waals surface area contributed by atoms with Crippen molar-refractivity contribution in [1.82, 2.24) is 4.90 Å². The maximum atomic E-state index is 10.6. The fraction of sp³-hybridized carbons (Fsp3) is 0.438. The smallest absolute Gasteiger partial charge is 0.328 e. The zero-order chi connectivity index (χ0) is 15.1. The first-order valence-corrected chi connectivity index (χ1v) is 7.59. The minimum Gasteiger partial charge on any atom is -0.490 e. The van der Waals surface area contributed by atoms with Crippen molar-refractivity contribution in [1.29, 1.82) is 0 Å². The summed E-state index contributed by atoms with van der Waals surface area (Å²) >= 11 is 6.15. The Morgan fingerprint density at radius 1 is 1.33 bits per heavy atom. The summed E-state index contributed by atoms with van der Waals surface area (Å²) in [5.41, 5.74) is 0.684. The molecule has 1 aromatic carbocycles. The van der Waals surface area contributed by atoms with Crippen LogP contribution in [0.2, 0.25) is 5.02 Å². The number of hydrogen-bond acceptors (Lipinski definition) is 3. The van der Waals surface area contributed by atoms with Gasteiger partial charge in [-0.25, -0.2) is 4.79 Å². The lowest BCUT2D eigenvalue weighted by Crippen LogP contribution is -2.33. The summed E-state index contributed by atoms with van der Waals surface area (Å²) in [6, 6.07) is 5.32. The molecule has 1 aliphatic heterocycles. The molecule has 1 N–H and O–H groups in total. The molecule has 0 bridgehead atoms. The number of hydrogen-bond donors (Lipinski definition) is 1. The minimum atomic E-state index is -0.991. The number of para-hydroxylation sites is 1. The first kappa shape index (κ1) is 15.9. The number of carboxylic acids is 1. The Kier molecular flexibility index (Phi) is 6.08. The van der Waals surface area contributed by atoms with Gasteiger partial charge in [0.1, 0.15) is 12.4 Å². The van der Waals surface area contributed by atoms with Crippen molar-refractivity contribution in [3.63, 3.8) is 0 Å². The Morgan fingerprint density at radius 3 is 2.81 bits per heavy atom. The van der Waals surface area contributed by atoms with Crippen molar-refractivity contribution >= 4 is 23.6 Å². The molecule has 1 aliphatic rings. The highest BCUT2D eigenvalue weighted by Crippen LogP contribution is 2.29. The molecule has 0 radical (unpaired) electrons. The van der Waals surface area contributed by atoms with E-state index >= 15 is 0 Å². The van der Waals surface area contributed by atoms with Gasteiger partial charge in [-0.3, -0.25) is 4.90 Å². The van der Waals surface area contributed by atoms with Gasteiger partial charge < -0.3 is 9.84 Å². The van der Waals surface area contributed by atoms with Crippen molar-refractivity contribution in [2.75, 3.05) is 26.2 Å². The van der Waals surface area contributed by atoms with Crippen LogP contribution in [0.3, 0.4) is 0 Å². The number of carbonyl (C=O) groups is 1. The molecule has 0 aliphatic carbocycles. The molecule has 5 heteroatoms. The maximum absolute atomic E-state index is 10.6. The van der Waals surface area contributed by atoms with Crippen LogP contribution in [-0.4, -0.2) is 42.2 Å². The van der Waals surface area contributed by atoms with E-state index in [0.29, 0.717) is 22.9 Å². The molecule has 0 unspecified atom stereocenters. The SMILES string of the molecule is O=C(O)/C=C/c1cccc(Cl)c1OCCN1CCCCC1. The third-order valence-corrected chi connectivity index (χ3v) is 3.80. The van der Waals surface area contributed by atoms with E-state index in [1.807, 2.05) is 0 Å². The number of ether oxygens (including phenoxy) is 1. The zero-order valence-corrected chi connectivity index (χ0v) is 12.7. The number of aliphatic carboxylic acids is 1. The second kappa shape index (κ2) is 8.05. The van der Waals surface area contributed by atoms with Crippen LogP contribution in [0.1, 0.15) is 24.8 Å². The van der Waals surface area contributed by atoms with E-state index in [2.05, 4.69) is 4.90 Å². The van der Waals surface area contributed by atoms with Gasteiger partial charge in [-0.1, -0.05) is 30.2 Å². The van der Waals surface area contributed by atoms with E-state index in [1.165, 1.54) is 25.3 Å². The van der Waals surface area contributed by atoms with Crippen LogP contribution in [0.15, 0.2) is 24.3 Å².